The zero-order chi connectivity index (χ0) is 14.4. The molecule has 0 N–H and O–H groups in total. The molecule has 0 bridgehead atoms. The lowest BCUT2D eigenvalue weighted by atomic mass is 10.0. The molecule has 1 aliphatic heterocycles. The first-order chi connectivity index (χ1) is 8.97. The summed E-state index contributed by atoms with van der Waals surface area (Å²) in [6, 6.07) is 0. The maximum Gasteiger partial charge on any atom is 0.325 e. The summed E-state index contributed by atoms with van der Waals surface area (Å²) in [6.45, 7) is 1.64. The molecule has 2 atom stereocenters. The summed E-state index contributed by atoms with van der Waals surface area (Å²) in [6.07, 6.45) is 0.588. The van der Waals surface area contributed by atoms with Crippen molar-refractivity contribution in [2.24, 2.45) is 5.92 Å². The molecule has 1 rings (SSSR count). The summed E-state index contributed by atoms with van der Waals surface area (Å²) in [7, 11) is 2.45. The van der Waals surface area contributed by atoms with Gasteiger partial charge in [-0.05, 0) is 13.3 Å². The standard InChI is InChI=1S/C12H19NO6/c1-8-4-9(7-19-8)12(16)13(5-10(14)17-2)6-11(15)18-3/h8-9H,4-7H2,1-3H3. The van der Waals surface area contributed by atoms with Gasteiger partial charge in [0.2, 0.25) is 5.91 Å². The molecule has 0 radical (unpaired) electrons. The molecule has 0 aromatic heterocycles. The van der Waals surface area contributed by atoms with Crippen LogP contribution in [0.15, 0.2) is 0 Å². The SMILES string of the molecule is COC(=O)CN(CC(=O)OC)C(=O)C1COC(C)C1. The molecule has 19 heavy (non-hydrogen) atoms. The Kier molecular flexibility index (Phi) is 5.75. The Hall–Kier alpha value is -1.63. The van der Waals surface area contributed by atoms with Gasteiger partial charge in [0.1, 0.15) is 13.1 Å². The molecule has 0 saturated carbocycles. The zero-order valence-corrected chi connectivity index (χ0v) is 11.4. The number of hydrogen-bond acceptors (Lipinski definition) is 6. The number of esters is 2. The fourth-order valence-corrected chi connectivity index (χ4v) is 1.90. The predicted octanol–water partition coefficient (Wildman–Crippen LogP) is -0.414. The molecule has 0 aromatic rings. The second-order valence-electron chi connectivity index (χ2n) is 4.42. The van der Waals surface area contributed by atoms with Gasteiger partial charge >= 0.3 is 11.9 Å². The van der Waals surface area contributed by atoms with E-state index in [2.05, 4.69) is 9.47 Å². The molecule has 1 heterocycles. The fraction of sp³-hybridized carbons (Fsp3) is 0.750. The van der Waals surface area contributed by atoms with Crippen molar-refractivity contribution in [3.05, 3.63) is 0 Å². The Morgan fingerprint density at radius 3 is 2.05 bits per heavy atom. The fourth-order valence-electron chi connectivity index (χ4n) is 1.90. The van der Waals surface area contributed by atoms with Gasteiger partial charge in [-0.25, -0.2) is 0 Å². The topological polar surface area (TPSA) is 82.1 Å². The molecule has 1 amide bonds. The van der Waals surface area contributed by atoms with Crippen LogP contribution in [0.4, 0.5) is 0 Å². The second-order valence-corrected chi connectivity index (χ2v) is 4.42. The molecule has 7 heteroatoms. The number of carbonyl (C=O) groups is 3. The Morgan fingerprint density at radius 1 is 1.16 bits per heavy atom. The maximum atomic E-state index is 12.2. The van der Waals surface area contributed by atoms with Crippen LogP contribution in [0.25, 0.3) is 0 Å². The molecule has 0 aliphatic carbocycles. The van der Waals surface area contributed by atoms with Crippen LogP contribution in [0.2, 0.25) is 0 Å². The van der Waals surface area contributed by atoms with Gasteiger partial charge in [-0.15, -0.1) is 0 Å². The monoisotopic (exact) mass is 273 g/mol. The lowest BCUT2D eigenvalue weighted by molar-refractivity contribution is -0.153. The van der Waals surface area contributed by atoms with Crippen molar-refractivity contribution < 1.29 is 28.6 Å². The van der Waals surface area contributed by atoms with Crippen molar-refractivity contribution in [3.63, 3.8) is 0 Å². The Balaban J connectivity index is 2.68. The largest absolute Gasteiger partial charge is 0.468 e. The summed E-state index contributed by atoms with van der Waals surface area (Å²) >= 11 is 0. The third-order valence-electron chi connectivity index (χ3n) is 2.95. The van der Waals surface area contributed by atoms with Crippen molar-refractivity contribution >= 4 is 17.8 Å². The van der Waals surface area contributed by atoms with Crippen LogP contribution in [-0.4, -0.2) is 62.8 Å². The first-order valence-corrected chi connectivity index (χ1v) is 6.02. The molecule has 2 unspecified atom stereocenters. The minimum Gasteiger partial charge on any atom is -0.468 e. The molecule has 1 fully saturated rings. The highest BCUT2D eigenvalue weighted by Gasteiger charge is 2.33. The normalized spacial score (nSPS) is 21.8. The van der Waals surface area contributed by atoms with Gasteiger partial charge in [-0.3, -0.25) is 14.4 Å². The Morgan fingerprint density at radius 2 is 1.68 bits per heavy atom. The van der Waals surface area contributed by atoms with Crippen LogP contribution >= 0.6 is 0 Å². The van der Waals surface area contributed by atoms with E-state index in [1.807, 2.05) is 6.92 Å². The minimum absolute atomic E-state index is 0.00653. The average molecular weight is 273 g/mol. The molecule has 1 aliphatic rings. The van der Waals surface area contributed by atoms with Crippen LogP contribution < -0.4 is 0 Å². The predicted molar refractivity (Wildman–Crippen MR) is 64.1 cm³/mol. The number of carbonyl (C=O) groups excluding carboxylic acids is 3. The number of hydrogen-bond donors (Lipinski definition) is 0. The van der Waals surface area contributed by atoms with E-state index in [1.54, 1.807) is 0 Å². The van der Waals surface area contributed by atoms with Gasteiger partial charge in [0.15, 0.2) is 0 Å². The quantitative estimate of drug-likeness (QED) is 0.633. The number of rotatable bonds is 5. The molecule has 7 nitrogen and oxygen atoms in total. The third kappa shape index (κ3) is 4.51. The molecular weight excluding hydrogens is 254 g/mol. The summed E-state index contributed by atoms with van der Waals surface area (Å²) < 4.78 is 14.3. The Labute approximate surface area is 111 Å². The number of nitrogens with zero attached hydrogens (tertiary/aromatic N) is 1. The summed E-state index contributed by atoms with van der Waals surface area (Å²) in [4.78, 5) is 35.9. The van der Waals surface area contributed by atoms with E-state index in [0.717, 1.165) is 4.90 Å². The number of amides is 1. The molecule has 0 aromatic carbocycles. The second kappa shape index (κ2) is 7.08. The molecule has 1 saturated heterocycles. The summed E-state index contributed by atoms with van der Waals surface area (Å²) in [5.74, 6) is -1.78. The van der Waals surface area contributed by atoms with Crippen LogP contribution in [0.1, 0.15) is 13.3 Å². The van der Waals surface area contributed by atoms with Crippen molar-refractivity contribution in [3.8, 4) is 0 Å². The van der Waals surface area contributed by atoms with Gasteiger partial charge < -0.3 is 19.1 Å². The highest BCUT2D eigenvalue weighted by molar-refractivity contribution is 5.87. The van der Waals surface area contributed by atoms with Gasteiger partial charge in [0.25, 0.3) is 0 Å². The highest BCUT2D eigenvalue weighted by atomic mass is 16.5. The van der Waals surface area contributed by atoms with Crippen LogP contribution in [0.5, 0.6) is 0 Å². The smallest absolute Gasteiger partial charge is 0.325 e. The van der Waals surface area contributed by atoms with Gasteiger partial charge in [-0.1, -0.05) is 0 Å². The maximum absolute atomic E-state index is 12.2. The molecular formula is C12H19NO6. The zero-order valence-electron chi connectivity index (χ0n) is 11.4. The van der Waals surface area contributed by atoms with E-state index in [0.29, 0.717) is 13.0 Å². The average Bonchev–Trinajstić information content (AvgIpc) is 2.83. The molecule has 108 valence electrons. The highest BCUT2D eigenvalue weighted by Crippen LogP contribution is 2.21. The Bertz CT molecular complexity index is 338. The first-order valence-electron chi connectivity index (χ1n) is 6.02. The third-order valence-corrected chi connectivity index (χ3v) is 2.95. The first kappa shape index (κ1) is 15.4. The van der Waals surface area contributed by atoms with E-state index >= 15 is 0 Å². The number of methoxy groups -OCH3 is 2. The molecule has 0 spiro atoms. The van der Waals surface area contributed by atoms with Crippen molar-refractivity contribution in [2.75, 3.05) is 33.9 Å². The van der Waals surface area contributed by atoms with E-state index in [9.17, 15) is 14.4 Å². The number of ether oxygens (including phenoxy) is 3. The van der Waals surface area contributed by atoms with Crippen molar-refractivity contribution in [1.29, 1.82) is 0 Å². The lowest BCUT2D eigenvalue weighted by Crippen LogP contribution is -2.43. The lowest BCUT2D eigenvalue weighted by Gasteiger charge is -2.22. The van der Waals surface area contributed by atoms with E-state index in [-0.39, 0.29) is 31.0 Å². The minimum atomic E-state index is -0.579. The summed E-state index contributed by atoms with van der Waals surface area (Å²) in [5, 5.41) is 0. The van der Waals surface area contributed by atoms with Gasteiger partial charge in [-0.2, -0.15) is 0 Å². The van der Waals surface area contributed by atoms with E-state index in [4.69, 9.17) is 4.74 Å². The van der Waals surface area contributed by atoms with Gasteiger partial charge in [0.05, 0.1) is 32.8 Å². The van der Waals surface area contributed by atoms with Crippen LogP contribution in [0, 0.1) is 5.92 Å². The van der Waals surface area contributed by atoms with Gasteiger partial charge in [0, 0.05) is 0 Å². The van der Waals surface area contributed by atoms with Crippen molar-refractivity contribution in [2.45, 2.75) is 19.4 Å². The van der Waals surface area contributed by atoms with Crippen molar-refractivity contribution in [1.82, 2.24) is 4.90 Å². The van der Waals surface area contributed by atoms with Crippen LogP contribution in [-0.2, 0) is 28.6 Å². The summed E-state index contributed by atoms with van der Waals surface area (Å²) in [5.41, 5.74) is 0. The van der Waals surface area contributed by atoms with Crippen LogP contribution in [0.3, 0.4) is 0 Å². The van der Waals surface area contributed by atoms with E-state index in [1.165, 1.54) is 14.2 Å². The van der Waals surface area contributed by atoms with E-state index < -0.39 is 11.9 Å².